The summed E-state index contributed by atoms with van der Waals surface area (Å²) in [5.74, 6) is 0.648. The molecule has 1 aromatic carbocycles. The summed E-state index contributed by atoms with van der Waals surface area (Å²) >= 11 is 0. The number of likely N-dealkylation sites (tertiary alicyclic amines) is 1. The molecule has 0 saturated carbocycles. The Balaban J connectivity index is 1.44. The molecule has 0 spiro atoms. The van der Waals surface area contributed by atoms with Gasteiger partial charge in [-0.2, -0.15) is 0 Å². The number of likely N-dealkylation sites (N-methyl/N-ethyl adjacent to an activating group) is 1. The number of amides is 1. The highest BCUT2D eigenvalue weighted by molar-refractivity contribution is 5.79. The molecule has 0 atom stereocenters. The summed E-state index contributed by atoms with van der Waals surface area (Å²) in [6.07, 6.45) is 2.03. The smallest absolute Gasteiger partial charge is 0.225 e. The van der Waals surface area contributed by atoms with Crippen molar-refractivity contribution in [3.8, 4) is 0 Å². The summed E-state index contributed by atoms with van der Waals surface area (Å²) in [6.45, 7) is 10.3. The van der Waals surface area contributed by atoms with Gasteiger partial charge in [0.2, 0.25) is 5.91 Å². The van der Waals surface area contributed by atoms with Crippen LogP contribution < -0.4 is 0 Å². The van der Waals surface area contributed by atoms with Crippen LogP contribution in [0.25, 0.3) is 0 Å². The summed E-state index contributed by atoms with van der Waals surface area (Å²) < 4.78 is 0. The van der Waals surface area contributed by atoms with E-state index in [1.54, 1.807) is 0 Å². The van der Waals surface area contributed by atoms with E-state index in [0.717, 1.165) is 65.2 Å². The molecule has 4 heteroatoms. The minimum Gasteiger partial charge on any atom is -0.340 e. The highest BCUT2D eigenvalue weighted by atomic mass is 16.2. The van der Waals surface area contributed by atoms with Crippen molar-refractivity contribution >= 4 is 5.91 Å². The second-order valence-electron chi connectivity index (χ2n) is 6.80. The Morgan fingerprint density at radius 2 is 1.61 bits per heavy atom. The first-order chi connectivity index (χ1) is 11.3. The number of piperazine rings is 1. The zero-order valence-electron chi connectivity index (χ0n) is 14.3. The van der Waals surface area contributed by atoms with Gasteiger partial charge in [0, 0.05) is 38.6 Å². The van der Waals surface area contributed by atoms with Crippen LogP contribution in [0.3, 0.4) is 0 Å². The van der Waals surface area contributed by atoms with Gasteiger partial charge < -0.3 is 9.80 Å². The molecule has 23 heavy (non-hydrogen) atoms. The van der Waals surface area contributed by atoms with Gasteiger partial charge >= 0.3 is 0 Å². The highest BCUT2D eigenvalue weighted by Crippen LogP contribution is 2.21. The van der Waals surface area contributed by atoms with Gasteiger partial charge in [0.15, 0.2) is 0 Å². The summed E-state index contributed by atoms with van der Waals surface area (Å²) in [4.78, 5) is 19.7. The molecule has 0 bridgehead atoms. The van der Waals surface area contributed by atoms with Crippen LogP contribution in [0.5, 0.6) is 0 Å². The zero-order chi connectivity index (χ0) is 16.1. The lowest BCUT2D eigenvalue weighted by Crippen LogP contribution is -2.51. The summed E-state index contributed by atoms with van der Waals surface area (Å²) in [6, 6.07) is 10.6. The van der Waals surface area contributed by atoms with Crippen molar-refractivity contribution < 1.29 is 4.79 Å². The summed E-state index contributed by atoms with van der Waals surface area (Å²) in [7, 11) is 0. The van der Waals surface area contributed by atoms with E-state index >= 15 is 0 Å². The molecule has 126 valence electrons. The van der Waals surface area contributed by atoms with Gasteiger partial charge in [-0.1, -0.05) is 37.3 Å². The maximum atomic E-state index is 12.7. The van der Waals surface area contributed by atoms with Crippen molar-refractivity contribution in [3.05, 3.63) is 35.9 Å². The monoisotopic (exact) mass is 315 g/mol. The molecule has 2 heterocycles. The van der Waals surface area contributed by atoms with E-state index in [1.807, 2.05) is 0 Å². The van der Waals surface area contributed by atoms with Gasteiger partial charge in [-0.3, -0.25) is 9.69 Å². The molecule has 0 aliphatic carbocycles. The zero-order valence-corrected chi connectivity index (χ0v) is 14.3. The molecule has 4 nitrogen and oxygen atoms in total. The molecule has 1 amide bonds. The maximum absolute atomic E-state index is 12.7. The lowest BCUT2D eigenvalue weighted by molar-refractivity contribution is -0.138. The lowest BCUT2D eigenvalue weighted by atomic mass is 9.94. The van der Waals surface area contributed by atoms with Gasteiger partial charge in [-0.05, 0) is 38.0 Å². The third-order valence-electron chi connectivity index (χ3n) is 5.32. The third-order valence-corrected chi connectivity index (χ3v) is 5.32. The number of carbonyl (C=O) groups is 1. The molecule has 1 aromatic rings. The number of benzene rings is 1. The first-order valence-electron chi connectivity index (χ1n) is 9.03. The summed E-state index contributed by atoms with van der Waals surface area (Å²) in [5, 5.41) is 0. The van der Waals surface area contributed by atoms with Crippen molar-refractivity contribution in [1.29, 1.82) is 0 Å². The number of hydrogen-bond donors (Lipinski definition) is 0. The van der Waals surface area contributed by atoms with E-state index in [4.69, 9.17) is 0 Å². The van der Waals surface area contributed by atoms with E-state index in [0.29, 0.717) is 5.91 Å². The van der Waals surface area contributed by atoms with Crippen molar-refractivity contribution in [2.45, 2.75) is 26.3 Å². The fraction of sp³-hybridized carbons (Fsp3) is 0.632. The van der Waals surface area contributed by atoms with E-state index in [1.165, 1.54) is 5.56 Å². The molecule has 0 unspecified atom stereocenters. The van der Waals surface area contributed by atoms with Gasteiger partial charge in [0.1, 0.15) is 0 Å². The molecule has 2 aliphatic heterocycles. The molecule has 3 rings (SSSR count). The Hall–Kier alpha value is -1.39. The minimum atomic E-state index is 0.246. The van der Waals surface area contributed by atoms with Crippen molar-refractivity contribution in [2.24, 2.45) is 5.92 Å². The number of hydrogen-bond acceptors (Lipinski definition) is 3. The molecule has 0 radical (unpaired) electrons. The second-order valence-corrected chi connectivity index (χ2v) is 6.80. The number of carbonyl (C=O) groups excluding carboxylic acids is 1. The van der Waals surface area contributed by atoms with Crippen LogP contribution in [0, 0.1) is 5.92 Å². The van der Waals surface area contributed by atoms with E-state index in [9.17, 15) is 4.79 Å². The van der Waals surface area contributed by atoms with E-state index in [-0.39, 0.29) is 5.92 Å². The Labute approximate surface area is 140 Å². The minimum absolute atomic E-state index is 0.246. The van der Waals surface area contributed by atoms with Gasteiger partial charge in [0.25, 0.3) is 0 Å². The number of rotatable bonds is 4. The molecule has 0 N–H and O–H groups in total. The van der Waals surface area contributed by atoms with Crippen LogP contribution in [-0.4, -0.2) is 66.4 Å². The van der Waals surface area contributed by atoms with E-state index < -0.39 is 0 Å². The topological polar surface area (TPSA) is 26.8 Å². The predicted molar refractivity (Wildman–Crippen MR) is 93.1 cm³/mol. The van der Waals surface area contributed by atoms with E-state index in [2.05, 4.69) is 52.0 Å². The highest BCUT2D eigenvalue weighted by Gasteiger charge is 2.30. The first kappa shape index (κ1) is 16.5. The first-order valence-corrected chi connectivity index (χ1v) is 9.03. The normalized spacial score (nSPS) is 21.5. The fourth-order valence-electron chi connectivity index (χ4n) is 3.72. The lowest BCUT2D eigenvalue weighted by Gasteiger charge is -2.38. The largest absolute Gasteiger partial charge is 0.340 e. The Bertz CT molecular complexity index is 489. The van der Waals surface area contributed by atoms with Crippen LogP contribution in [0.2, 0.25) is 0 Å². The van der Waals surface area contributed by atoms with Crippen molar-refractivity contribution in [1.82, 2.24) is 14.7 Å². The van der Waals surface area contributed by atoms with Gasteiger partial charge in [-0.25, -0.2) is 0 Å². The average Bonchev–Trinajstić information content (AvgIpc) is 2.63. The predicted octanol–water partition coefficient (Wildman–Crippen LogP) is 2.06. The fourth-order valence-corrected chi connectivity index (χ4v) is 3.72. The maximum Gasteiger partial charge on any atom is 0.225 e. The Morgan fingerprint density at radius 3 is 2.22 bits per heavy atom. The molecular weight excluding hydrogens is 286 g/mol. The van der Waals surface area contributed by atoms with Crippen LogP contribution >= 0.6 is 0 Å². The average molecular weight is 315 g/mol. The van der Waals surface area contributed by atoms with Crippen molar-refractivity contribution in [3.63, 3.8) is 0 Å². The molecule has 0 aromatic heterocycles. The molecule has 2 aliphatic rings. The van der Waals surface area contributed by atoms with Crippen LogP contribution in [0.1, 0.15) is 25.3 Å². The van der Waals surface area contributed by atoms with Gasteiger partial charge in [-0.15, -0.1) is 0 Å². The molecular formula is C19H29N3O. The molecule has 2 fully saturated rings. The van der Waals surface area contributed by atoms with Gasteiger partial charge in [0.05, 0.1) is 0 Å². The third kappa shape index (κ3) is 4.33. The quantitative estimate of drug-likeness (QED) is 0.851. The second kappa shape index (κ2) is 7.93. The SMILES string of the molecule is CCN1CCN(C(=O)C2CCN(Cc3ccccc3)CC2)CC1. The number of piperidine rings is 1. The standard InChI is InChI=1S/C19H29N3O/c1-2-20-12-14-22(15-13-20)19(23)18-8-10-21(11-9-18)16-17-6-4-3-5-7-17/h3-7,18H,2,8-16H2,1H3. The summed E-state index contributed by atoms with van der Waals surface area (Å²) in [5.41, 5.74) is 1.37. The van der Waals surface area contributed by atoms with Crippen LogP contribution in [0.15, 0.2) is 30.3 Å². The van der Waals surface area contributed by atoms with Crippen molar-refractivity contribution in [2.75, 3.05) is 45.8 Å². The number of nitrogens with zero attached hydrogens (tertiary/aromatic N) is 3. The molecule has 2 saturated heterocycles. The van der Waals surface area contributed by atoms with Crippen LogP contribution in [-0.2, 0) is 11.3 Å². The Morgan fingerprint density at radius 1 is 0.957 bits per heavy atom. The Kier molecular flexibility index (Phi) is 5.68. The van der Waals surface area contributed by atoms with Crippen LogP contribution in [0.4, 0.5) is 0 Å².